The first-order valence-electron chi connectivity index (χ1n) is 5.85. The molecule has 0 saturated carbocycles. The zero-order valence-electron chi connectivity index (χ0n) is 9.93. The van der Waals surface area contributed by atoms with Crippen molar-refractivity contribution in [1.82, 2.24) is 4.90 Å². The van der Waals surface area contributed by atoms with Crippen LogP contribution in [-0.2, 0) is 0 Å². The number of hydrogen-bond donors (Lipinski definition) is 0. The van der Waals surface area contributed by atoms with E-state index < -0.39 is 0 Å². The molecule has 1 heterocycles. The van der Waals surface area contributed by atoms with Crippen molar-refractivity contribution in [3.63, 3.8) is 0 Å². The maximum Gasteiger partial charge on any atom is 0.0950 e. The normalized spacial score (nSPS) is 18.8. The molecule has 90 valence electrons. The van der Waals surface area contributed by atoms with Crippen LogP contribution < -0.4 is 4.90 Å². The van der Waals surface area contributed by atoms with Gasteiger partial charge >= 0.3 is 0 Å². The van der Waals surface area contributed by atoms with E-state index in [1.54, 1.807) is 0 Å². The summed E-state index contributed by atoms with van der Waals surface area (Å²) in [5.74, 6) is 0. The van der Waals surface area contributed by atoms with E-state index in [0.29, 0.717) is 0 Å². The van der Waals surface area contributed by atoms with Gasteiger partial charge in [-0.3, -0.25) is 4.90 Å². The van der Waals surface area contributed by atoms with Crippen molar-refractivity contribution in [2.45, 2.75) is 13.0 Å². The summed E-state index contributed by atoms with van der Waals surface area (Å²) < 4.78 is 0. The molecule has 0 aromatic heterocycles. The molecular weight excluding hydrogens is 234 g/mol. The van der Waals surface area contributed by atoms with Crippen LogP contribution >= 0.6 is 11.6 Å². The van der Waals surface area contributed by atoms with E-state index in [2.05, 4.69) is 15.9 Å². The number of nitrogens with zero attached hydrogens (tertiary/aromatic N) is 3. The van der Waals surface area contributed by atoms with Crippen LogP contribution in [0.2, 0.25) is 5.02 Å². The Morgan fingerprint density at radius 2 is 1.76 bits per heavy atom. The third kappa shape index (κ3) is 2.91. The zero-order valence-corrected chi connectivity index (χ0v) is 10.7. The lowest BCUT2D eigenvalue weighted by Gasteiger charge is -2.37. The number of halogens is 1. The predicted molar refractivity (Wildman–Crippen MR) is 70.3 cm³/mol. The van der Waals surface area contributed by atoms with Gasteiger partial charge in [0.15, 0.2) is 0 Å². The van der Waals surface area contributed by atoms with Gasteiger partial charge in [-0.25, -0.2) is 0 Å². The second-order valence-electron chi connectivity index (χ2n) is 4.30. The van der Waals surface area contributed by atoms with Crippen molar-refractivity contribution in [3.8, 4) is 6.07 Å². The highest BCUT2D eigenvalue weighted by Crippen LogP contribution is 2.19. The summed E-state index contributed by atoms with van der Waals surface area (Å²) in [5.41, 5.74) is 1.21. The second kappa shape index (κ2) is 5.39. The number of rotatable bonds is 2. The minimum Gasteiger partial charge on any atom is -0.369 e. The van der Waals surface area contributed by atoms with Crippen molar-refractivity contribution in [3.05, 3.63) is 29.3 Å². The van der Waals surface area contributed by atoms with Crippen molar-refractivity contribution in [2.24, 2.45) is 0 Å². The van der Waals surface area contributed by atoms with Gasteiger partial charge in [-0.15, -0.1) is 0 Å². The lowest BCUT2D eigenvalue weighted by atomic mass is 10.2. The topological polar surface area (TPSA) is 30.3 Å². The molecule has 3 nitrogen and oxygen atoms in total. The quantitative estimate of drug-likeness (QED) is 0.806. The number of piperazine rings is 1. The first-order valence-corrected chi connectivity index (χ1v) is 6.22. The molecule has 0 bridgehead atoms. The minimum absolute atomic E-state index is 0.0161. The Balaban J connectivity index is 1.95. The largest absolute Gasteiger partial charge is 0.369 e. The van der Waals surface area contributed by atoms with Crippen molar-refractivity contribution < 1.29 is 0 Å². The van der Waals surface area contributed by atoms with Gasteiger partial charge in [0.25, 0.3) is 0 Å². The number of benzene rings is 1. The van der Waals surface area contributed by atoms with Gasteiger partial charge in [0.2, 0.25) is 0 Å². The molecule has 0 radical (unpaired) electrons. The highest BCUT2D eigenvalue weighted by molar-refractivity contribution is 6.30. The average molecular weight is 250 g/mol. The highest BCUT2D eigenvalue weighted by Gasteiger charge is 2.20. The van der Waals surface area contributed by atoms with Gasteiger partial charge in [0.1, 0.15) is 0 Å². The molecule has 0 N–H and O–H groups in total. The summed E-state index contributed by atoms with van der Waals surface area (Å²) in [6.07, 6.45) is 0. The van der Waals surface area contributed by atoms with E-state index in [1.165, 1.54) is 5.69 Å². The molecule has 1 saturated heterocycles. The molecule has 1 fully saturated rings. The van der Waals surface area contributed by atoms with Gasteiger partial charge < -0.3 is 4.90 Å². The molecule has 1 unspecified atom stereocenters. The van der Waals surface area contributed by atoms with E-state index in [1.807, 2.05) is 31.2 Å². The highest BCUT2D eigenvalue weighted by atomic mass is 35.5. The van der Waals surface area contributed by atoms with Crippen LogP contribution in [0.25, 0.3) is 0 Å². The molecule has 1 aliphatic heterocycles. The fourth-order valence-electron chi connectivity index (χ4n) is 2.10. The molecule has 0 aliphatic carbocycles. The van der Waals surface area contributed by atoms with Gasteiger partial charge in [-0.1, -0.05) is 11.6 Å². The molecule has 1 aliphatic rings. The van der Waals surface area contributed by atoms with Gasteiger partial charge in [0, 0.05) is 36.9 Å². The molecule has 1 atom stereocenters. The molecule has 0 amide bonds. The SMILES string of the molecule is CC(C#N)N1CCN(c2ccc(Cl)cc2)CC1. The van der Waals surface area contributed by atoms with Crippen molar-refractivity contribution in [1.29, 1.82) is 5.26 Å². The molecule has 1 aromatic carbocycles. The first-order chi connectivity index (χ1) is 8.20. The third-order valence-electron chi connectivity index (χ3n) is 3.24. The predicted octanol–water partition coefficient (Wildman–Crippen LogP) is 2.37. The standard InChI is InChI=1S/C13H16ClN3/c1-11(10-15)16-6-8-17(9-7-16)13-4-2-12(14)3-5-13/h2-5,11H,6-9H2,1H3. The molecule has 0 spiro atoms. The molecule has 17 heavy (non-hydrogen) atoms. The molecule has 2 rings (SSSR count). The van der Waals surface area contributed by atoms with E-state index in [-0.39, 0.29) is 6.04 Å². The maximum atomic E-state index is 8.88. The van der Waals surface area contributed by atoms with Crippen LogP contribution in [0, 0.1) is 11.3 Å². The lowest BCUT2D eigenvalue weighted by Crippen LogP contribution is -2.49. The van der Waals surface area contributed by atoms with Gasteiger partial charge in [0.05, 0.1) is 12.1 Å². The average Bonchev–Trinajstić information content (AvgIpc) is 2.39. The van der Waals surface area contributed by atoms with Gasteiger partial charge in [-0.05, 0) is 31.2 Å². The zero-order chi connectivity index (χ0) is 12.3. The summed E-state index contributed by atoms with van der Waals surface area (Å²) in [7, 11) is 0. The Morgan fingerprint density at radius 1 is 1.18 bits per heavy atom. The Labute approximate surface area is 107 Å². The summed E-state index contributed by atoms with van der Waals surface area (Å²) >= 11 is 5.87. The van der Waals surface area contributed by atoms with Crippen LogP contribution in [-0.4, -0.2) is 37.1 Å². The summed E-state index contributed by atoms with van der Waals surface area (Å²) in [4.78, 5) is 4.54. The summed E-state index contributed by atoms with van der Waals surface area (Å²) in [5, 5.41) is 9.65. The fourth-order valence-corrected chi connectivity index (χ4v) is 2.23. The molecule has 4 heteroatoms. The number of anilines is 1. The Kier molecular flexibility index (Phi) is 3.88. The number of nitriles is 1. The van der Waals surface area contributed by atoms with Gasteiger partial charge in [-0.2, -0.15) is 5.26 Å². The van der Waals surface area contributed by atoms with E-state index in [0.717, 1.165) is 31.2 Å². The van der Waals surface area contributed by atoms with Crippen LogP contribution in [0.3, 0.4) is 0 Å². The van der Waals surface area contributed by atoms with E-state index in [9.17, 15) is 0 Å². The Bertz CT molecular complexity index is 402. The van der Waals surface area contributed by atoms with Crippen LogP contribution in [0.5, 0.6) is 0 Å². The third-order valence-corrected chi connectivity index (χ3v) is 3.49. The second-order valence-corrected chi connectivity index (χ2v) is 4.74. The van der Waals surface area contributed by atoms with E-state index in [4.69, 9.17) is 16.9 Å². The lowest BCUT2D eigenvalue weighted by molar-refractivity contribution is 0.231. The van der Waals surface area contributed by atoms with Crippen LogP contribution in [0.15, 0.2) is 24.3 Å². The summed E-state index contributed by atoms with van der Waals surface area (Å²) in [6, 6.07) is 10.2. The van der Waals surface area contributed by atoms with Crippen LogP contribution in [0.4, 0.5) is 5.69 Å². The smallest absolute Gasteiger partial charge is 0.0950 e. The van der Waals surface area contributed by atoms with Crippen molar-refractivity contribution >= 4 is 17.3 Å². The monoisotopic (exact) mass is 249 g/mol. The molecular formula is C13H16ClN3. The first kappa shape index (κ1) is 12.2. The van der Waals surface area contributed by atoms with Crippen LogP contribution in [0.1, 0.15) is 6.92 Å². The van der Waals surface area contributed by atoms with E-state index >= 15 is 0 Å². The summed E-state index contributed by atoms with van der Waals surface area (Å²) in [6.45, 7) is 5.77. The Hall–Kier alpha value is -1.24. The number of hydrogen-bond acceptors (Lipinski definition) is 3. The fraction of sp³-hybridized carbons (Fsp3) is 0.462. The minimum atomic E-state index is 0.0161. The Morgan fingerprint density at radius 3 is 2.29 bits per heavy atom. The van der Waals surface area contributed by atoms with Crippen molar-refractivity contribution in [2.75, 3.05) is 31.1 Å². The maximum absolute atomic E-state index is 8.88. The molecule has 1 aromatic rings.